The molecule has 0 radical (unpaired) electrons. The molecule has 14 heteroatoms. The van der Waals surface area contributed by atoms with Crippen molar-refractivity contribution < 1.29 is 37.5 Å². The number of alkyl halides is 3. The zero-order valence-electron chi connectivity index (χ0n) is 29.7. The molecule has 4 aromatic rings. The molecule has 1 aromatic heterocycles. The lowest BCUT2D eigenvalue weighted by Crippen LogP contribution is -2.53. The van der Waals surface area contributed by atoms with Crippen LogP contribution in [0.1, 0.15) is 67.6 Å². The smallest absolute Gasteiger partial charge is 0.417 e. The van der Waals surface area contributed by atoms with Gasteiger partial charge < -0.3 is 5.11 Å². The summed E-state index contributed by atoms with van der Waals surface area (Å²) in [7, 11) is 0. The molecule has 2 saturated heterocycles. The number of likely N-dealkylation sites (tertiary alicyclic amines) is 1. The third-order valence-corrected chi connectivity index (χ3v) is 13.3. The summed E-state index contributed by atoms with van der Waals surface area (Å²) < 4.78 is 40.6. The van der Waals surface area contributed by atoms with Gasteiger partial charge in [-0.1, -0.05) is 96.6 Å². The van der Waals surface area contributed by atoms with Crippen LogP contribution in [0.25, 0.3) is 10.8 Å². The third kappa shape index (κ3) is 5.39. The van der Waals surface area contributed by atoms with E-state index in [-0.39, 0.29) is 42.3 Å². The molecule has 4 fully saturated rings. The molecule has 2 N–H and O–H groups in total. The number of nitrogens with zero attached hydrogens (tertiary/aromatic N) is 3. The van der Waals surface area contributed by atoms with Crippen molar-refractivity contribution in [2.75, 3.05) is 5.43 Å². The van der Waals surface area contributed by atoms with Gasteiger partial charge in [0.2, 0.25) is 11.8 Å². The number of rotatable bonds is 5. The van der Waals surface area contributed by atoms with Gasteiger partial charge in [-0.05, 0) is 72.4 Å². The molecule has 0 bridgehead atoms. The molecule has 288 valence electrons. The minimum Gasteiger partial charge on any atom is -0.507 e. The second kappa shape index (κ2) is 13.3. The summed E-state index contributed by atoms with van der Waals surface area (Å²) in [5, 5.41) is 12.8. The van der Waals surface area contributed by atoms with Gasteiger partial charge in [-0.25, -0.2) is 4.98 Å². The predicted molar refractivity (Wildman–Crippen MR) is 201 cm³/mol. The molecule has 2 saturated carbocycles. The van der Waals surface area contributed by atoms with Gasteiger partial charge in [0.1, 0.15) is 5.75 Å². The highest BCUT2D eigenvalue weighted by molar-refractivity contribution is 6.33. The van der Waals surface area contributed by atoms with E-state index in [4.69, 9.17) is 23.2 Å². The van der Waals surface area contributed by atoms with E-state index < -0.39 is 63.6 Å². The average Bonchev–Trinajstić information content (AvgIpc) is 3.57. The summed E-state index contributed by atoms with van der Waals surface area (Å²) in [4.78, 5) is 64.6. The fraction of sp³-hybridized carbons (Fsp3) is 0.357. The fourth-order valence-corrected chi connectivity index (χ4v) is 10.7. The van der Waals surface area contributed by atoms with E-state index in [0.29, 0.717) is 39.2 Å². The molecule has 5 aliphatic rings. The number of aromatic nitrogens is 1. The summed E-state index contributed by atoms with van der Waals surface area (Å²) in [6.45, 7) is 0. The van der Waals surface area contributed by atoms with E-state index in [1.807, 2.05) is 12.1 Å². The van der Waals surface area contributed by atoms with Crippen molar-refractivity contribution in [3.8, 4) is 5.75 Å². The molecule has 9 nitrogen and oxygen atoms in total. The number of nitrogens with one attached hydrogen (secondary N) is 1. The molecule has 0 unspecified atom stereocenters. The zero-order valence-corrected chi connectivity index (χ0v) is 31.2. The number of halogens is 5. The van der Waals surface area contributed by atoms with Crippen molar-refractivity contribution in [2.24, 2.45) is 23.7 Å². The van der Waals surface area contributed by atoms with Crippen molar-refractivity contribution in [1.82, 2.24) is 14.9 Å². The van der Waals surface area contributed by atoms with Gasteiger partial charge in [-0.2, -0.15) is 18.2 Å². The molecule has 3 aromatic carbocycles. The van der Waals surface area contributed by atoms with Crippen molar-refractivity contribution >= 4 is 63.4 Å². The summed E-state index contributed by atoms with van der Waals surface area (Å²) in [6, 6.07) is 17.5. The Morgan fingerprint density at radius 2 is 1.57 bits per heavy atom. The Bertz CT molecular complexity index is 2360. The first-order valence-corrected chi connectivity index (χ1v) is 19.5. The van der Waals surface area contributed by atoms with Crippen LogP contribution in [0.5, 0.6) is 5.75 Å². The van der Waals surface area contributed by atoms with Gasteiger partial charge in [0.15, 0.2) is 5.82 Å². The number of imide groups is 2. The predicted octanol–water partition coefficient (Wildman–Crippen LogP) is 8.58. The fourth-order valence-electron chi connectivity index (χ4n) is 10.4. The topological polar surface area (TPSA) is 120 Å². The van der Waals surface area contributed by atoms with Crippen molar-refractivity contribution in [2.45, 2.75) is 68.5 Å². The van der Waals surface area contributed by atoms with Crippen LogP contribution in [-0.2, 0) is 30.8 Å². The van der Waals surface area contributed by atoms with Gasteiger partial charge in [-0.3, -0.25) is 29.5 Å². The maximum absolute atomic E-state index is 15.5. The monoisotopic (exact) mass is 802 g/mol. The van der Waals surface area contributed by atoms with E-state index in [1.54, 1.807) is 48.5 Å². The van der Waals surface area contributed by atoms with Crippen LogP contribution in [0.3, 0.4) is 0 Å². The lowest BCUT2D eigenvalue weighted by atomic mass is 9.49. The Morgan fingerprint density at radius 3 is 2.27 bits per heavy atom. The maximum Gasteiger partial charge on any atom is 0.417 e. The van der Waals surface area contributed by atoms with Crippen LogP contribution in [0.4, 0.5) is 19.0 Å². The molecule has 4 amide bonds. The number of phenols is 1. The summed E-state index contributed by atoms with van der Waals surface area (Å²) in [5.41, 5.74) is 1.65. The van der Waals surface area contributed by atoms with Crippen molar-refractivity contribution in [3.05, 3.63) is 111 Å². The standard InChI is InChI=1S/C42H35Cl2F3N4O5/c43-23-12-10-21(11-13-23)41-31(38(54)51(40(41)56)49-36-32(44)18-22(20-48-36)42(45,46)47)19-30-28(35(41)27-16-17-33(52)26-9-5-4-8-25(26)27)14-15-29-34(30)39(55)50(37(29)53)24-6-2-1-3-7-24/h4-5,8-14,16-18,20,24,29-31,34-35,52H,1-3,6-7,15,19H2,(H,48,49)/t29-,30+,31-,34-,35-,41+/m0/s1. The third-order valence-electron chi connectivity index (χ3n) is 12.8. The van der Waals surface area contributed by atoms with Gasteiger partial charge in [0, 0.05) is 28.6 Å². The number of carbonyl (C=O) groups excluding carboxylic acids is 4. The Hall–Kier alpha value is -4.94. The zero-order chi connectivity index (χ0) is 39.3. The highest BCUT2D eigenvalue weighted by Gasteiger charge is 2.70. The summed E-state index contributed by atoms with van der Waals surface area (Å²) in [6.07, 6.45) is 2.42. The van der Waals surface area contributed by atoms with Gasteiger partial charge in [0.25, 0.3) is 11.8 Å². The number of fused-ring (bicyclic) bond motifs is 5. The number of hydrazine groups is 1. The van der Waals surface area contributed by atoms with E-state index in [0.717, 1.165) is 42.7 Å². The minimum atomic E-state index is -4.74. The maximum atomic E-state index is 15.5. The van der Waals surface area contributed by atoms with Crippen molar-refractivity contribution in [3.63, 3.8) is 0 Å². The van der Waals surface area contributed by atoms with Gasteiger partial charge in [0.05, 0.1) is 33.8 Å². The quantitative estimate of drug-likeness (QED) is 0.153. The van der Waals surface area contributed by atoms with Crippen LogP contribution in [-0.4, -0.2) is 49.7 Å². The number of hydrogen-bond donors (Lipinski definition) is 2. The number of pyridine rings is 1. The van der Waals surface area contributed by atoms with Crippen LogP contribution in [0, 0.1) is 23.7 Å². The highest BCUT2D eigenvalue weighted by atomic mass is 35.5. The Morgan fingerprint density at radius 1 is 0.857 bits per heavy atom. The molecule has 3 aliphatic carbocycles. The molecular weight excluding hydrogens is 768 g/mol. The molecule has 6 atom stereocenters. The van der Waals surface area contributed by atoms with E-state index >= 15 is 9.59 Å². The van der Waals surface area contributed by atoms with Gasteiger partial charge >= 0.3 is 6.18 Å². The largest absolute Gasteiger partial charge is 0.507 e. The first kappa shape index (κ1) is 36.7. The van der Waals surface area contributed by atoms with Crippen LogP contribution < -0.4 is 5.43 Å². The SMILES string of the molecule is O=C1[C@@H]2C[C@@H]3C(=CC[C@@H]4C(=O)N(C5CCCCC5)C(=O)[C@@H]43)[C@H](c3ccc(O)c4ccccc34)[C@]2(c2ccc(Cl)cc2)C(=O)N1Nc1ncc(C(F)(F)F)cc1Cl. The lowest BCUT2D eigenvalue weighted by Gasteiger charge is -2.51. The lowest BCUT2D eigenvalue weighted by molar-refractivity contribution is -0.144. The molecule has 56 heavy (non-hydrogen) atoms. The second-order valence-corrected chi connectivity index (χ2v) is 16.3. The summed E-state index contributed by atoms with van der Waals surface area (Å²) >= 11 is 12.7. The number of amides is 4. The number of anilines is 1. The minimum absolute atomic E-state index is 0.00585. The Balaban J connectivity index is 1.25. The van der Waals surface area contributed by atoms with Crippen LogP contribution in [0.2, 0.25) is 10.0 Å². The molecular formula is C42H35Cl2F3N4O5. The Kier molecular flexibility index (Phi) is 8.73. The second-order valence-electron chi connectivity index (χ2n) is 15.5. The van der Waals surface area contributed by atoms with E-state index in [2.05, 4.69) is 10.4 Å². The average molecular weight is 804 g/mol. The molecule has 2 aliphatic heterocycles. The number of aromatic hydroxyl groups is 1. The van der Waals surface area contributed by atoms with Crippen molar-refractivity contribution in [1.29, 1.82) is 0 Å². The number of benzene rings is 3. The number of phenolic OH excluding ortho intramolecular Hbond substituents is 1. The first-order valence-electron chi connectivity index (χ1n) is 18.7. The number of hydrogen-bond acceptors (Lipinski definition) is 7. The van der Waals surface area contributed by atoms with Gasteiger partial charge in [-0.15, -0.1) is 0 Å². The highest BCUT2D eigenvalue weighted by Crippen LogP contribution is 2.65. The van der Waals surface area contributed by atoms with E-state index in [1.165, 1.54) is 11.0 Å². The molecule has 3 heterocycles. The molecule has 0 spiro atoms. The van der Waals surface area contributed by atoms with Crippen LogP contribution >= 0.6 is 23.2 Å². The van der Waals surface area contributed by atoms with Crippen LogP contribution in [0.15, 0.2) is 84.6 Å². The Labute approximate surface area is 329 Å². The summed E-state index contributed by atoms with van der Waals surface area (Å²) in [5.74, 6) is -6.28. The normalized spacial score (nSPS) is 28.0. The number of allylic oxidation sites excluding steroid dienone is 2. The first-order chi connectivity index (χ1) is 26.8. The van der Waals surface area contributed by atoms with E-state index in [9.17, 15) is 27.9 Å². The number of carbonyl (C=O) groups is 4. The molecule has 9 rings (SSSR count).